The zero-order valence-corrected chi connectivity index (χ0v) is 11.9. The van der Waals surface area contributed by atoms with Gasteiger partial charge in [-0.3, -0.25) is 14.9 Å². The Morgan fingerprint density at radius 3 is 2.16 bits per heavy atom. The summed E-state index contributed by atoms with van der Waals surface area (Å²) in [5.74, 6) is -7.72. The predicted octanol–water partition coefficient (Wildman–Crippen LogP) is 1.21. The smallest absolute Gasteiger partial charge is 0.342 e. The number of aromatic amines is 1. The van der Waals surface area contributed by atoms with Crippen LogP contribution in [-0.2, 0) is 0 Å². The summed E-state index contributed by atoms with van der Waals surface area (Å²) in [4.78, 5) is 46.2. The summed E-state index contributed by atoms with van der Waals surface area (Å²) in [5, 5.41) is 29.5. The average Bonchev–Trinajstić information content (AvgIpc) is 2.44. The number of benzene rings is 1. The van der Waals surface area contributed by atoms with Crippen LogP contribution in [0.15, 0.2) is 16.9 Å². The molecule has 0 aliphatic rings. The number of nitrogens with two attached hydrogens (primary N) is 1. The van der Waals surface area contributed by atoms with Crippen LogP contribution in [0.1, 0.15) is 20.7 Å². The highest BCUT2D eigenvalue weighted by Crippen LogP contribution is 2.38. The molecule has 1 aromatic heterocycles. The third-order valence-corrected chi connectivity index (χ3v) is 3.15. The van der Waals surface area contributed by atoms with Crippen LogP contribution >= 0.6 is 0 Å². The molecule has 1 aromatic carbocycles. The SMILES string of the molecule is Nc1[nH]c(=O)c(C(=O)O)c(-c2c(F)cc(F)cc2[N+](=O)[O-])c1C(=O)O. The minimum absolute atomic E-state index is 0.178. The van der Waals surface area contributed by atoms with Crippen molar-refractivity contribution in [1.82, 2.24) is 4.98 Å². The molecular weight excluding hydrogens is 348 g/mol. The van der Waals surface area contributed by atoms with Crippen molar-refractivity contribution in [2.75, 3.05) is 5.73 Å². The number of carbonyl (C=O) groups is 2. The van der Waals surface area contributed by atoms with Crippen LogP contribution in [0.25, 0.3) is 11.1 Å². The summed E-state index contributed by atoms with van der Waals surface area (Å²) < 4.78 is 27.5. The topological polar surface area (TPSA) is 177 Å². The van der Waals surface area contributed by atoms with Gasteiger partial charge in [0.2, 0.25) is 0 Å². The van der Waals surface area contributed by atoms with Gasteiger partial charge >= 0.3 is 11.9 Å². The number of carboxylic acids is 2. The lowest BCUT2D eigenvalue weighted by Gasteiger charge is -2.13. The van der Waals surface area contributed by atoms with E-state index in [-0.39, 0.29) is 12.1 Å². The Morgan fingerprint density at radius 2 is 1.68 bits per heavy atom. The second kappa shape index (κ2) is 5.99. The number of anilines is 1. The number of nitro groups is 1. The minimum Gasteiger partial charge on any atom is -0.478 e. The first kappa shape index (κ1) is 17.5. The number of rotatable bonds is 4. The molecule has 0 saturated heterocycles. The fourth-order valence-corrected chi connectivity index (χ4v) is 2.25. The number of aromatic nitrogens is 1. The van der Waals surface area contributed by atoms with E-state index in [1.54, 1.807) is 4.98 Å². The van der Waals surface area contributed by atoms with E-state index in [9.17, 15) is 38.4 Å². The summed E-state index contributed by atoms with van der Waals surface area (Å²) >= 11 is 0. The molecule has 1 heterocycles. The quantitative estimate of drug-likeness (QED) is 0.467. The molecule has 0 fully saturated rings. The summed E-state index contributed by atoms with van der Waals surface area (Å²) in [7, 11) is 0. The van der Waals surface area contributed by atoms with Crippen LogP contribution < -0.4 is 11.3 Å². The number of H-pyrrole nitrogens is 1. The second-order valence-corrected chi connectivity index (χ2v) is 4.64. The van der Waals surface area contributed by atoms with E-state index in [0.717, 1.165) is 0 Å². The lowest BCUT2D eigenvalue weighted by molar-refractivity contribution is -0.384. The number of pyridine rings is 1. The van der Waals surface area contributed by atoms with E-state index >= 15 is 0 Å². The van der Waals surface area contributed by atoms with E-state index in [4.69, 9.17) is 10.8 Å². The number of nitrogens with one attached hydrogen (secondary N) is 1. The second-order valence-electron chi connectivity index (χ2n) is 4.64. The molecule has 25 heavy (non-hydrogen) atoms. The van der Waals surface area contributed by atoms with Crippen LogP contribution in [-0.4, -0.2) is 32.1 Å². The zero-order chi connectivity index (χ0) is 19.0. The standard InChI is InChI=1S/C13H7F2N3O7/c14-3-1-4(15)6(5(2-3)18(24)25)7-8(12(20)21)10(16)17-11(19)9(7)13(22)23/h1-2H,(H,20,21)(H,22,23)(H3,16,17,19). The van der Waals surface area contributed by atoms with E-state index in [1.165, 1.54) is 0 Å². The number of halogens is 2. The van der Waals surface area contributed by atoms with Gasteiger partial charge in [0.25, 0.3) is 11.2 Å². The first-order chi connectivity index (χ1) is 11.6. The van der Waals surface area contributed by atoms with Crippen molar-refractivity contribution >= 4 is 23.4 Å². The minimum atomic E-state index is -1.99. The molecule has 130 valence electrons. The predicted molar refractivity (Wildman–Crippen MR) is 77.4 cm³/mol. The van der Waals surface area contributed by atoms with Crippen molar-refractivity contribution in [3.63, 3.8) is 0 Å². The molecule has 0 amide bonds. The largest absolute Gasteiger partial charge is 0.478 e. The normalized spacial score (nSPS) is 10.5. The molecule has 2 aromatic rings. The Labute approximate surface area is 135 Å². The number of carboxylic acid groups (broad SMARTS) is 2. The zero-order valence-electron chi connectivity index (χ0n) is 11.9. The maximum atomic E-state index is 14.2. The van der Waals surface area contributed by atoms with E-state index in [2.05, 4.69) is 0 Å². The molecule has 0 bridgehead atoms. The molecule has 10 nitrogen and oxygen atoms in total. The molecule has 5 N–H and O–H groups in total. The van der Waals surface area contributed by atoms with Gasteiger partial charge in [0.1, 0.15) is 28.6 Å². The Morgan fingerprint density at radius 1 is 1.12 bits per heavy atom. The Kier molecular flexibility index (Phi) is 4.20. The first-order valence-electron chi connectivity index (χ1n) is 6.22. The van der Waals surface area contributed by atoms with Gasteiger partial charge in [-0.15, -0.1) is 0 Å². The maximum Gasteiger partial charge on any atom is 0.342 e. The van der Waals surface area contributed by atoms with E-state index in [1.807, 2.05) is 0 Å². The molecule has 2 rings (SSSR count). The summed E-state index contributed by atoms with van der Waals surface area (Å²) in [6.07, 6.45) is 0. The Bertz CT molecular complexity index is 1000. The Hall–Kier alpha value is -3.83. The first-order valence-corrected chi connectivity index (χ1v) is 6.22. The maximum absolute atomic E-state index is 14.2. The average molecular weight is 355 g/mol. The number of aromatic carboxylic acids is 2. The molecule has 0 saturated carbocycles. The lowest BCUT2D eigenvalue weighted by Crippen LogP contribution is -2.24. The lowest BCUT2D eigenvalue weighted by atomic mass is 9.93. The van der Waals surface area contributed by atoms with Gasteiger partial charge in [-0.25, -0.2) is 18.4 Å². The molecule has 0 atom stereocenters. The monoisotopic (exact) mass is 355 g/mol. The van der Waals surface area contributed by atoms with Gasteiger partial charge in [0.15, 0.2) is 0 Å². The number of hydrogen-bond donors (Lipinski definition) is 4. The van der Waals surface area contributed by atoms with Crippen molar-refractivity contribution in [2.24, 2.45) is 0 Å². The highest BCUT2D eigenvalue weighted by atomic mass is 19.1. The van der Waals surface area contributed by atoms with Crippen LogP contribution in [0.3, 0.4) is 0 Å². The van der Waals surface area contributed by atoms with Crippen LogP contribution in [0, 0.1) is 21.7 Å². The molecule has 0 aliphatic heterocycles. The van der Waals surface area contributed by atoms with Gasteiger partial charge in [0, 0.05) is 11.6 Å². The molecule has 0 unspecified atom stereocenters. The highest BCUT2D eigenvalue weighted by Gasteiger charge is 2.33. The summed E-state index contributed by atoms with van der Waals surface area (Å²) in [5.41, 5.74) is -2.03. The van der Waals surface area contributed by atoms with Gasteiger partial charge in [-0.2, -0.15) is 0 Å². The number of nitro benzene ring substituents is 1. The van der Waals surface area contributed by atoms with Gasteiger partial charge in [-0.05, 0) is 0 Å². The van der Waals surface area contributed by atoms with Crippen LogP contribution in [0.5, 0.6) is 0 Å². The summed E-state index contributed by atoms with van der Waals surface area (Å²) in [6, 6.07) is 0.435. The van der Waals surface area contributed by atoms with Crippen molar-refractivity contribution in [2.45, 2.75) is 0 Å². The fraction of sp³-hybridized carbons (Fsp3) is 0. The molecule has 0 spiro atoms. The fourth-order valence-electron chi connectivity index (χ4n) is 2.25. The van der Waals surface area contributed by atoms with Gasteiger partial charge in [-0.1, -0.05) is 0 Å². The van der Waals surface area contributed by atoms with E-state index < -0.39 is 67.8 Å². The third-order valence-electron chi connectivity index (χ3n) is 3.15. The Balaban J connectivity index is 3.18. The summed E-state index contributed by atoms with van der Waals surface area (Å²) in [6.45, 7) is 0. The number of nitrogens with zero attached hydrogens (tertiary/aromatic N) is 1. The van der Waals surface area contributed by atoms with Crippen molar-refractivity contribution in [1.29, 1.82) is 0 Å². The number of hydrogen-bond acceptors (Lipinski definition) is 6. The number of nitrogen functional groups attached to an aromatic ring is 1. The van der Waals surface area contributed by atoms with Crippen LogP contribution in [0.2, 0.25) is 0 Å². The molecule has 0 radical (unpaired) electrons. The van der Waals surface area contributed by atoms with Crippen molar-refractivity contribution in [3.05, 3.63) is 55.4 Å². The van der Waals surface area contributed by atoms with E-state index in [0.29, 0.717) is 0 Å². The van der Waals surface area contributed by atoms with Gasteiger partial charge < -0.3 is 20.9 Å². The van der Waals surface area contributed by atoms with Crippen molar-refractivity contribution < 1.29 is 33.5 Å². The van der Waals surface area contributed by atoms with Crippen molar-refractivity contribution in [3.8, 4) is 11.1 Å². The highest BCUT2D eigenvalue weighted by molar-refractivity contribution is 6.08. The molecule has 0 aliphatic carbocycles. The third kappa shape index (κ3) is 2.87. The van der Waals surface area contributed by atoms with Crippen LogP contribution in [0.4, 0.5) is 20.3 Å². The molecular formula is C13H7F2N3O7. The van der Waals surface area contributed by atoms with Gasteiger partial charge in [0.05, 0.1) is 16.6 Å². The molecule has 12 heteroatoms.